The van der Waals surface area contributed by atoms with Gasteiger partial charge >= 0.3 is 11.7 Å². The highest BCUT2D eigenvalue weighted by Crippen LogP contribution is 2.20. The largest absolute Gasteiger partial charge is 0.446 e. The van der Waals surface area contributed by atoms with Gasteiger partial charge in [0.25, 0.3) is 5.91 Å². The average molecular weight is 395 g/mol. The summed E-state index contributed by atoms with van der Waals surface area (Å²) in [5, 5.41) is 0. The molecule has 0 saturated carbocycles. The van der Waals surface area contributed by atoms with E-state index in [1.165, 1.54) is 9.47 Å². The second kappa shape index (κ2) is 8.77. The Morgan fingerprint density at radius 1 is 0.966 bits per heavy atom. The molecule has 0 fully saturated rings. The number of esters is 1. The van der Waals surface area contributed by atoms with Crippen molar-refractivity contribution in [2.45, 2.75) is 32.5 Å². The fourth-order valence-corrected chi connectivity index (χ4v) is 3.29. The van der Waals surface area contributed by atoms with Gasteiger partial charge in [0.1, 0.15) is 6.54 Å². The highest BCUT2D eigenvalue weighted by molar-refractivity contribution is 5.85. The van der Waals surface area contributed by atoms with E-state index >= 15 is 0 Å². The summed E-state index contributed by atoms with van der Waals surface area (Å²) in [6, 6.07) is 16.2. The van der Waals surface area contributed by atoms with Gasteiger partial charge in [0.15, 0.2) is 0 Å². The van der Waals surface area contributed by atoms with Crippen LogP contribution in [0.2, 0.25) is 0 Å². The molecule has 2 aromatic carbocycles. The molecule has 0 N–H and O–H groups in total. The smallest absolute Gasteiger partial charge is 0.329 e. The third kappa shape index (κ3) is 4.23. The van der Waals surface area contributed by atoms with Crippen LogP contribution in [0.1, 0.15) is 25.0 Å². The lowest BCUT2D eigenvalue weighted by atomic mass is 10.1. The Labute approximate surface area is 169 Å². The monoisotopic (exact) mass is 395 g/mol. The second-order valence-corrected chi connectivity index (χ2v) is 7.02. The van der Waals surface area contributed by atoms with Gasteiger partial charge in [-0.25, -0.2) is 4.79 Å². The molecule has 1 atom stereocenters. The third-order valence-corrected chi connectivity index (χ3v) is 4.68. The normalized spacial score (nSPS) is 12.0. The van der Waals surface area contributed by atoms with Gasteiger partial charge in [0, 0.05) is 26.2 Å². The minimum absolute atomic E-state index is 0.264. The van der Waals surface area contributed by atoms with E-state index in [2.05, 4.69) is 0 Å². The molecule has 0 spiro atoms. The summed E-state index contributed by atoms with van der Waals surface area (Å²) in [5.41, 5.74) is 1.76. The molecule has 0 bridgehead atoms. The number of likely N-dealkylation sites (N-methyl/N-ethyl adjacent to an activating group) is 1. The number of hydrogen-bond donors (Lipinski definition) is 0. The molecule has 7 nitrogen and oxygen atoms in total. The average Bonchev–Trinajstić information content (AvgIpc) is 2.98. The molecular weight excluding hydrogens is 370 g/mol. The van der Waals surface area contributed by atoms with Crippen LogP contribution in [-0.4, -0.2) is 40.0 Å². The number of nitrogens with zero attached hydrogens (tertiary/aromatic N) is 3. The van der Waals surface area contributed by atoms with E-state index in [1.54, 1.807) is 49.0 Å². The third-order valence-electron chi connectivity index (χ3n) is 4.68. The lowest BCUT2D eigenvalue weighted by molar-refractivity contribution is -0.160. The number of amides is 1. The van der Waals surface area contributed by atoms with Crippen LogP contribution in [0.5, 0.6) is 0 Å². The van der Waals surface area contributed by atoms with Crippen molar-refractivity contribution in [3.63, 3.8) is 0 Å². The lowest BCUT2D eigenvalue weighted by Gasteiger charge is -2.21. The second-order valence-electron chi connectivity index (χ2n) is 7.02. The molecule has 0 radical (unpaired) electrons. The first-order valence-corrected chi connectivity index (χ1v) is 9.57. The van der Waals surface area contributed by atoms with Gasteiger partial charge in [0.05, 0.1) is 11.0 Å². The standard InChI is InChI=1S/C22H25N3O4/c1-4-14-24-17-12-8-9-13-18(17)25(22(24)28)15-19(26)29-20(21(27)23(2)3)16-10-6-5-7-11-16/h5-13,20H,4,14-15H2,1-3H3. The van der Waals surface area contributed by atoms with Gasteiger partial charge in [-0.15, -0.1) is 0 Å². The maximum atomic E-state index is 12.9. The summed E-state index contributed by atoms with van der Waals surface area (Å²) in [7, 11) is 3.21. The Morgan fingerprint density at radius 3 is 2.14 bits per heavy atom. The predicted molar refractivity (Wildman–Crippen MR) is 110 cm³/mol. The first-order chi connectivity index (χ1) is 13.9. The van der Waals surface area contributed by atoms with Gasteiger partial charge in [-0.3, -0.25) is 18.7 Å². The zero-order valence-electron chi connectivity index (χ0n) is 16.9. The van der Waals surface area contributed by atoms with Crippen LogP contribution in [0.15, 0.2) is 59.4 Å². The van der Waals surface area contributed by atoms with Crippen molar-refractivity contribution in [3.8, 4) is 0 Å². The van der Waals surface area contributed by atoms with E-state index in [-0.39, 0.29) is 18.1 Å². The van der Waals surface area contributed by atoms with Crippen LogP contribution in [0.25, 0.3) is 11.0 Å². The van der Waals surface area contributed by atoms with Gasteiger partial charge < -0.3 is 9.64 Å². The summed E-state index contributed by atoms with van der Waals surface area (Å²) in [6.07, 6.45) is -0.260. The van der Waals surface area contributed by atoms with Crippen LogP contribution < -0.4 is 5.69 Å². The van der Waals surface area contributed by atoms with Crippen molar-refractivity contribution in [1.82, 2.24) is 14.0 Å². The minimum Gasteiger partial charge on any atom is -0.446 e. The molecule has 3 rings (SSSR count). The van der Waals surface area contributed by atoms with Crippen LogP contribution >= 0.6 is 0 Å². The van der Waals surface area contributed by atoms with Gasteiger partial charge in [-0.05, 0) is 18.6 Å². The SMILES string of the molecule is CCCn1c(=O)n(CC(=O)OC(C(=O)N(C)C)c2ccccc2)c2ccccc21. The summed E-state index contributed by atoms with van der Waals surface area (Å²) < 4.78 is 8.59. The van der Waals surface area contributed by atoms with Crippen LogP contribution in [0.3, 0.4) is 0 Å². The highest BCUT2D eigenvalue weighted by atomic mass is 16.5. The van der Waals surface area contributed by atoms with Crippen molar-refractivity contribution in [3.05, 3.63) is 70.6 Å². The van der Waals surface area contributed by atoms with E-state index in [9.17, 15) is 14.4 Å². The number of hydrogen-bond acceptors (Lipinski definition) is 4. The molecule has 1 aromatic heterocycles. The van der Waals surface area contributed by atoms with E-state index in [4.69, 9.17) is 4.74 Å². The quantitative estimate of drug-likeness (QED) is 0.577. The summed E-state index contributed by atoms with van der Waals surface area (Å²) in [6.45, 7) is 2.29. The fraction of sp³-hybridized carbons (Fsp3) is 0.318. The van der Waals surface area contributed by atoms with Crippen LogP contribution in [0, 0.1) is 0 Å². The Bertz CT molecular complexity index is 1070. The lowest BCUT2D eigenvalue weighted by Crippen LogP contribution is -2.33. The fourth-order valence-electron chi connectivity index (χ4n) is 3.29. The first-order valence-electron chi connectivity index (χ1n) is 9.57. The summed E-state index contributed by atoms with van der Waals surface area (Å²) in [4.78, 5) is 39.5. The molecule has 0 saturated heterocycles. The minimum atomic E-state index is -1.06. The van der Waals surface area contributed by atoms with Gasteiger partial charge in [-0.1, -0.05) is 49.4 Å². The molecule has 7 heteroatoms. The molecule has 0 aliphatic carbocycles. The van der Waals surface area contributed by atoms with E-state index in [1.807, 2.05) is 31.2 Å². The number of para-hydroxylation sites is 2. The molecule has 29 heavy (non-hydrogen) atoms. The first kappa shape index (κ1) is 20.4. The zero-order valence-corrected chi connectivity index (χ0v) is 16.9. The van der Waals surface area contributed by atoms with Crippen molar-refractivity contribution in [2.24, 2.45) is 0 Å². The summed E-state index contributed by atoms with van der Waals surface area (Å²) in [5.74, 6) is -0.985. The molecule has 1 heterocycles. The Morgan fingerprint density at radius 2 is 1.55 bits per heavy atom. The molecular formula is C22H25N3O4. The number of aryl methyl sites for hydroxylation is 1. The van der Waals surface area contributed by atoms with Crippen molar-refractivity contribution < 1.29 is 14.3 Å². The van der Waals surface area contributed by atoms with Crippen molar-refractivity contribution >= 4 is 22.9 Å². The number of carbonyl (C=O) groups excluding carboxylic acids is 2. The molecule has 152 valence electrons. The maximum Gasteiger partial charge on any atom is 0.329 e. The number of rotatable bonds is 7. The Kier molecular flexibility index (Phi) is 6.16. The topological polar surface area (TPSA) is 73.5 Å². The van der Waals surface area contributed by atoms with E-state index in [0.29, 0.717) is 17.6 Å². The number of ether oxygens (including phenoxy) is 1. The molecule has 0 aliphatic rings. The Balaban J connectivity index is 1.91. The zero-order chi connectivity index (χ0) is 21.0. The van der Waals surface area contributed by atoms with E-state index < -0.39 is 12.1 Å². The molecule has 1 amide bonds. The number of benzene rings is 2. The molecule has 1 unspecified atom stereocenters. The highest BCUT2D eigenvalue weighted by Gasteiger charge is 2.27. The number of aromatic nitrogens is 2. The van der Waals surface area contributed by atoms with Crippen molar-refractivity contribution in [1.29, 1.82) is 0 Å². The Hall–Kier alpha value is -3.35. The van der Waals surface area contributed by atoms with Crippen molar-refractivity contribution in [2.75, 3.05) is 14.1 Å². The van der Waals surface area contributed by atoms with Crippen LogP contribution in [0.4, 0.5) is 0 Å². The molecule has 3 aromatic rings. The van der Waals surface area contributed by atoms with Crippen LogP contribution in [-0.2, 0) is 27.4 Å². The predicted octanol–water partition coefficient (Wildman–Crippen LogP) is 2.59. The maximum absolute atomic E-state index is 12.9. The number of carbonyl (C=O) groups is 2. The van der Waals surface area contributed by atoms with Gasteiger partial charge in [0.2, 0.25) is 6.10 Å². The number of imidazole rings is 1. The summed E-state index contributed by atoms with van der Waals surface area (Å²) >= 11 is 0. The van der Waals surface area contributed by atoms with E-state index in [0.717, 1.165) is 11.9 Å². The van der Waals surface area contributed by atoms with Gasteiger partial charge in [-0.2, -0.15) is 0 Å². The number of fused-ring (bicyclic) bond motifs is 1. The molecule has 0 aliphatic heterocycles.